The van der Waals surface area contributed by atoms with Gasteiger partial charge in [0.2, 0.25) is 0 Å². The minimum atomic E-state index is 0.730. The maximum absolute atomic E-state index is 3.15. The first kappa shape index (κ1) is 10.9. The lowest BCUT2D eigenvalue weighted by Crippen LogP contribution is -2.34. The zero-order valence-electron chi connectivity index (χ0n) is 8.35. The van der Waals surface area contributed by atoms with Gasteiger partial charge in [-0.25, -0.2) is 0 Å². The molecule has 0 amide bonds. The quantitative estimate of drug-likeness (QED) is 0.627. The molecular weight excluding hydrogens is 136 g/mol. The van der Waals surface area contributed by atoms with Gasteiger partial charge >= 0.3 is 0 Å². The summed E-state index contributed by atoms with van der Waals surface area (Å²) in [5, 5.41) is 3.15. The monoisotopic (exact) mass is 158 g/mol. The molecule has 0 aromatic heterocycles. The molecule has 1 N–H and O–H groups in total. The van der Waals surface area contributed by atoms with Gasteiger partial charge in [0.1, 0.15) is 0 Å². The Morgan fingerprint density at radius 2 is 2.09 bits per heavy atom. The third kappa shape index (κ3) is 5.22. The second-order valence-electron chi connectivity index (χ2n) is 3.22. The van der Waals surface area contributed by atoms with Crippen LogP contribution in [0.4, 0.5) is 0 Å². The Morgan fingerprint density at radius 3 is 2.55 bits per heavy atom. The van der Waals surface area contributed by atoms with Gasteiger partial charge in [-0.05, 0) is 27.4 Å². The van der Waals surface area contributed by atoms with Crippen LogP contribution in [0.3, 0.4) is 0 Å². The summed E-state index contributed by atoms with van der Waals surface area (Å²) in [6, 6.07) is 0.730. The molecule has 0 aliphatic rings. The first-order valence-electron chi connectivity index (χ1n) is 4.57. The molecule has 11 heavy (non-hydrogen) atoms. The van der Waals surface area contributed by atoms with Crippen LogP contribution in [0.15, 0.2) is 0 Å². The lowest BCUT2D eigenvalue weighted by molar-refractivity contribution is 0.247. The predicted octanol–water partition coefficient (Wildman–Crippen LogP) is 1.33. The van der Waals surface area contributed by atoms with Gasteiger partial charge in [-0.1, -0.05) is 13.3 Å². The lowest BCUT2D eigenvalue weighted by Gasteiger charge is -2.23. The van der Waals surface area contributed by atoms with Crippen LogP contribution in [0.1, 0.15) is 26.7 Å². The normalized spacial score (nSPS) is 13.9. The smallest absolute Gasteiger partial charge is 0.0106 e. The first-order chi connectivity index (χ1) is 5.22. The van der Waals surface area contributed by atoms with E-state index in [0.29, 0.717) is 0 Å². The second kappa shape index (κ2) is 6.62. The molecular formula is C9H22N2. The summed E-state index contributed by atoms with van der Waals surface area (Å²) in [7, 11) is 4.19. The molecule has 0 saturated heterocycles. The van der Waals surface area contributed by atoms with Crippen LogP contribution < -0.4 is 5.32 Å². The Morgan fingerprint density at radius 1 is 1.45 bits per heavy atom. The molecule has 1 atom stereocenters. The van der Waals surface area contributed by atoms with E-state index in [0.717, 1.165) is 19.1 Å². The maximum atomic E-state index is 3.15. The van der Waals surface area contributed by atoms with Crippen LogP contribution in [-0.2, 0) is 0 Å². The molecule has 0 aliphatic heterocycles. The molecule has 1 unspecified atom stereocenters. The van der Waals surface area contributed by atoms with Gasteiger partial charge in [0.25, 0.3) is 0 Å². The van der Waals surface area contributed by atoms with E-state index in [1.165, 1.54) is 12.8 Å². The summed E-state index contributed by atoms with van der Waals surface area (Å²) in [5.41, 5.74) is 0. The highest BCUT2D eigenvalue weighted by Gasteiger charge is 2.05. The topological polar surface area (TPSA) is 15.3 Å². The Kier molecular flexibility index (Phi) is 6.57. The minimum absolute atomic E-state index is 0.730. The van der Waals surface area contributed by atoms with Crippen LogP contribution in [-0.4, -0.2) is 38.1 Å². The molecule has 0 radical (unpaired) electrons. The van der Waals surface area contributed by atoms with Crippen molar-refractivity contribution >= 4 is 0 Å². The van der Waals surface area contributed by atoms with Crippen molar-refractivity contribution in [2.24, 2.45) is 0 Å². The molecule has 0 saturated carbocycles. The van der Waals surface area contributed by atoms with Crippen LogP contribution in [0.5, 0.6) is 0 Å². The Labute approximate surface area is 71.0 Å². The van der Waals surface area contributed by atoms with Gasteiger partial charge in [0.05, 0.1) is 0 Å². The third-order valence-corrected chi connectivity index (χ3v) is 2.17. The number of likely N-dealkylation sites (N-methyl/N-ethyl adjacent to an activating group) is 2. The maximum Gasteiger partial charge on any atom is 0.0106 e. The van der Waals surface area contributed by atoms with Gasteiger partial charge in [-0.15, -0.1) is 0 Å². The van der Waals surface area contributed by atoms with E-state index in [1.807, 2.05) is 7.05 Å². The van der Waals surface area contributed by atoms with Crippen LogP contribution >= 0.6 is 0 Å². The van der Waals surface area contributed by atoms with E-state index >= 15 is 0 Å². The summed E-state index contributed by atoms with van der Waals surface area (Å²) in [6.07, 6.45) is 2.59. The molecule has 0 aromatic carbocycles. The molecule has 68 valence electrons. The third-order valence-electron chi connectivity index (χ3n) is 2.17. The zero-order valence-corrected chi connectivity index (χ0v) is 8.35. The molecule has 0 bridgehead atoms. The van der Waals surface area contributed by atoms with E-state index in [1.54, 1.807) is 0 Å². The van der Waals surface area contributed by atoms with Gasteiger partial charge in [0, 0.05) is 19.1 Å². The molecule has 2 nitrogen and oxygen atoms in total. The number of nitrogens with zero attached hydrogens (tertiary/aromatic N) is 1. The predicted molar refractivity (Wildman–Crippen MR) is 50.9 cm³/mol. The van der Waals surface area contributed by atoms with Gasteiger partial charge < -0.3 is 10.2 Å². The van der Waals surface area contributed by atoms with E-state index in [9.17, 15) is 0 Å². The van der Waals surface area contributed by atoms with Crippen LogP contribution in [0.2, 0.25) is 0 Å². The molecule has 2 heteroatoms. The average Bonchev–Trinajstić information content (AvgIpc) is 2.00. The van der Waals surface area contributed by atoms with Crippen molar-refractivity contribution < 1.29 is 0 Å². The second-order valence-corrected chi connectivity index (χ2v) is 3.22. The Balaban J connectivity index is 3.38. The zero-order chi connectivity index (χ0) is 8.69. The fourth-order valence-corrected chi connectivity index (χ4v) is 1.15. The van der Waals surface area contributed by atoms with Gasteiger partial charge in [-0.3, -0.25) is 0 Å². The molecule has 0 heterocycles. The lowest BCUT2D eigenvalue weighted by atomic mass is 10.2. The summed E-state index contributed by atoms with van der Waals surface area (Å²) in [4.78, 5) is 2.40. The molecule has 0 aromatic rings. The van der Waals surface area contributed by atoms with Crippen molar-refractivity contribution in [1.82, 2.24) is 10.2 Å². The van der Waals surface area contributed by atoms with Crippen LogP contribution in [0.25, 0.3) is 0 Å². The van der Waals surface area contributed by atoms with E-state index < -0.39 is 0 Å². The van der Waals surface area contributed by atoms with Gasteiger partial charge in [-0.2, -0.15) is 0 Å². The molecule has 0 spiro atoms. The average molecular weight is 158 g/mol. The van der Waals surface area contributed by atoms with Gasteiger partial charge in [0.15, 0.2) is 0 Å². The van der Waals surface area contributed by atoms with Crippen molar-refractivity contribution in [3.8, 4) is 0 Å². The fourth-order valence-electron chi connectivity index (χ4n) is 1.15. The summed E-state index contributed by atoms with van der Waals surface area (Å²) < 4.78 is 0. The van der Waals surface area contributed by atoms with Crippen molar-refractivity contribution in [2.75, 3.05) is 27.2 Å². The van der Waals surface area contributed by atoms with E-state index in [-0.39, 0.29) is 0 Å². The molecule has 0 fully saturated rings. The Bertz CT molecular complexity index is 83.6. The fraction of sp³-hybridized carbons (Fsp3) is 1.00. The highest BCUT2D eigenvalue weighted by Crippen LogP contribution is 2.02. The number of rotatable bonds is 6. The minimum Gasteiger partial charge on any atom is -0.318 e. The SMILES string of the molecule is CCCC(C)N(C)CCNC. The van der Waals surface area contributed by atoms with E-state index in [2.05, 4.69) is 31.1 Å². The molecule has 0 aliphatic carbocycles. The van der Waals surface area contributed by atoms with E-state index in [4.69, 9.17) is 0 Å². The van der Waals surface area contributed by atoms with Crippen molar-refractivity contribution in [2.45, 2.75) is 32.7 Å². The Hall–Kier alpha value is -0.0800. The standard InChI is InChI=1S/C9H22N2/c1-5-6-9(2)11(4)8-7-10-3/h9-10H,5-8H2,1-4H3. The summed E-state index contributed by atoms with van der Waals surface area (Å²) in [6.45, 7) is 6.77. The van der Waals surface area contributed by atoms with Crippen molar-refractivity contribution in [3.63, 3.8) is 0 Å². The molecule has 0 rings (SSSR count). The summed E-state index contributed by atoms with van der Waals surface area (Å²) in [5.74, 6) is 0. The van der Waals surface area contributed by atoms with Crippen LogP contribution in [0, 0.1) is 0 Å². The van der Waals surface area contributed by atoms with Crippen molar-refractivity contribution in [3.05, 3.63) is 0 Å². The van der Waals surface area contributed by atoms with Crippen molar-refractivity contribution in [1.29, 1.82) is 0 Å². The highest BCUT2D eigenvalue weighted by atomic mass is 15.1. The number of nitrogens with one attached hydrogen (secondary N) is 1. The summed E-state index contributed by atoms with van der Waals surface area (Å²) >= 11 is 0. The number of hydrogen-bond acceptors (Lipinski definition) is 2. The first-order valence-corrected chi connectivity index (χ1v) is 4.57. The highest BCUT2D eigenvalue weighted by molar-refractivity contribution is 4.62. The number of hydrogen-bond donors (Lipinski definition) is 1. The largest absolute Gasteiger partial charge is 0.318 e.